The molecule has 1 amide bonds. The van der Waals surface area contributed by atoms with Crippen molar-refractivity contribution in [1.29, 1.82) is 0 Å². The van der Waals surface area contributed by atoms with Gasteiger partial charge in [-0.15, -0.1) is 0 Å². The highest BCUT2D eigenvalue weighted by molar-refractivity contribution is 5.98. The maximum absolute atomic E-state index is 12.1. The Morgan fingerprint density at radius 1 is 1.22 bits per heavy atom. The van der Waals surface area contributed by atoms with Crippen LogP contribution in [0.1, 0.15) is 35.0 Å². The second kappa shape index (κ2) is 7.59. The standard InChI is InChI=1S/C20H21N3O4/c1-3-27-18(24)10-20(26,17-11-22-12-23-17)16-7-6-13-8-15(19(25)21-2)5-4-14(13)9-16/h4-9,11-12,26H,3,10H2,1-2H3,(H,21,25)(H,22,23)/t20-/m0/s1. The predicted molar refractivity (Wildman–Crippen MR) is 100 cm³/mol. The third-order valence-corrected chi connectivity index (χ3v) is 4.46. The molecule has 0 fully saturated rings. The van der Waals surface area contributed by atoms with Crippen LogP contribution in [-0.4, -0.2) is 40.6 Å². The third kappa shape index (κ3) is 3.68. The summed E-state index contributed by atoms with van der Waals surface area (Å²) in [6, 6.07) is 10.6. The van der Waals surface area contributed by atoms with Crippen molar-refractivity contribution in [3.63, 3.8) is 0 Å². The summed E-state index contributed by atoms with van der Waals surface area (Å²) in [4.78, 5) is 30.7. The van der Waals surface area contributed by atoms with Gasteiger partial charge in [0.25, 0.3) is 5.91 Å². The van der Waals surface area contributed by atoms with Crippen LogP contribution >= 0.6 is 0 Å². The molecule has 0 spiro atoms. The van der Waals surface area contributed by atoms with Gasteiger partial charge in [0, 0.05) is 12.6 Å². The summed E-state index contributed by atoms with van der Waals surface area (Å²) in [7, 11) is 1.58. The topological polar surface area (TPSA) is 104 Å². The fourth-order valence-corrected chi connectivity index (χ4v) is 3.04. The number of H-pyrrole nitrogens is 1. The van der Waals surface area contributed by atoms with Crippen molar-refractivity contribution in [3.05, 3.63) is 65.7 Å². The van der Waals surface area contributed by atoms with Gasteiger partial charge in [0.15, 0.2) is 0 Å². The number of aliphatic hydroxyl groups is 1. The zero-order valence-corrected chi connectivity index (χ0v) is 15.2. The fraction of sp³-hybridized carbons (Fsp3) is 0.250. The number of aromatic nitrogens is 2. The maximum Gasteiger partial charge on any atom is 0.309 e. The van der Waals surface area contributed by atoms with Crippen LogP contribution in [-0.2, 0) is 15.1 Å². The summed E-state index contributed by atoms with van der Waals surface area (Å²) < 4.78 is 5.02. The number of rotatable bonds is 6. The van der Waals surface area contributed by atoms with E-state index in [-0.39, 0.29) is 18.9 Å². The lowest BCUT2D eigenvalue weighted by atomic mass is 9.86. The number of carbonyl (C=O) groups is 2. The average molecular weight is 367 g/mol. The van der Waals surface area contributed by atoms with Crippen LogP contribution in [0.25, 0.3) is 10.8 Å². The Morgan fingerprint density at radius 2 is 1.96 bits per heavy atom. The predicted octanol–water partition coefficient (Wildman–Crippen LogP) is 2.11. The molecule has 140 valence electrons. The van der Waals surface area contributed by atoms with Crippen LogP contribution < -0.4 is 5.32 Å². The number of hydrogen-bond donors (Lipinski definition) is 3. The van der Waals surface area contributed by atoms with Gasteiger partial charge in [-0.25, -0.2) is 4.98 Å². The molecule has 0 bridgehead atoms. The smallest absolute Gasteiger partial charge is 0.309 e. The quantitative estimate of drug-likeness (QED) is 0.579. The van der Waals surface area contributed by atoms with E-state index in [2.05, 4.69) is 15.3 Å². The normalized spacial score (nSPS) is 13.1. The molecular formula is C20H21N3O4. The Morgan fingerprint density at radius 3 is 2.63 bits per heavy atom. The van der Waals surface area contributed by atoms with E-state index in [1.54, 1.807) is 44.3 Å². The molecule has 0 saturated heterocycles. The molecule has 2 aromatic carbocycles. The Labute approximate surface area is 156 Å². The first-order valence-corrected chi connectivity index (χ1v) is 8.61. The zero-order chi connectivity index (χ0) is 19.4. The average Bonchev–Trinajstić information content (AvgIpc) is 3.22. The molecule has 0 aliphatic heterocycles. The lowest BCUT2D eigenvalue weighted by Gasteiger charge is -2.27. The Hall–Kier alpha value is -3.19. The summed E-state index contributed by atoms with van der Waals surface area (Å²) in [5, 5.41) is 15.6. The first-order valence-electron chi connectivity index (χ1n) is 8.61. The van der Waals surface area contributed by atoms with Crippen molar-refractivity contribution in [1.82, 2.24) is 15.3 Å². The van der Waals surface area contributed by atoms with Crippen LogP contribution in [0.2, 0.25) is 0 Å². The lowest BCUT2D eigenvalue weighted by Crippen LogP contribution is -2.31. The van der Waals surface area contributed by atoms with Gasteiger partial charge in [0.1, 0.15) is 5.60 Å². The van der Waals surface area contributed by atoms with Crippen LogP contribution in [0, 0.1) is 0 Å². The Bertz CT molecular complexity index is 969. The SMILES string of the molecule is CCOC(=O)C[C@](O)(c1ccc2cc(C(=O)NC)ccc2c1)c1cnc[nH]1. The number of imidazole rings is 1. The molecule has 1 heterocycles. The number of hydrogen-bond acceptors (Lipinski definition) is 5. The van der Waals surface area contributed by atoms with Crippen LogP contribution in [0.15, 0.2) is 48.9 Å². The number of carbonyl (C=O) groups excluding carboxylic acids is 2. The number of nitrogens with one attached hydrogen (secondary N) is 2. The number of esters is 1. The molecule has 0 saturated carbocycles. The molecule has 7 heteroatoms. The van der Waals surface area contributed by atoms with Crippen molar-refractivity contribution in [2.45, 2.75) is 18.9 Å². The first kappa shape index (κ1) is 18.6. The first-order chi connectivity index (χ1) is 13.0. The van der Waals surface area contributed by atoms with Gasteiger partial charge in [-0.05, 0) is 41.5 Å². The Balaban J connectivity index is 2.05. The van der Waals surface area contributed by atoms with Gasteiger partial charge in [-0.3, -0.25) is 9.59 Å². The van der Waals surface area contributed by atoms with Crippen LogP contribution in [0.4, 0.5) is 0 Å². The number of aromatic amines is 1. The van der Waals surface area contributed by atoms with Crippen molar-refractivity contribution in [3.8, 4) is 0 Å². The molecule has 3 rings (SSSR count). The van der Waals surface area contributed by atoms with E-state index in [9.17, 15) is 14.7 Å². The summed E-state index contributed by atoms with van der Waals surface area (Å²) in [6.45, 7) is 1.95. The Kier molecular flexibility index (Phi) is 5.23. The molecule has 1 aromatic heterocycles. The number of ether oxygens (including phenoxy) is 1. The molecule has 0 aliphatic carbocycles. The molecule has 0 radical (unpaired) electrons. The van der Waals surface area contributed by atoms with Gasteiger partial charge in [0.2, 0.25) is 0 Å². The highest BCUT2D eigenvalue weighted by Crippen LogP contribution is 2.34. The molecule has 0 aliphatic rings. The maximum atomic E-state index is 12.1. The zero-order valence-electron chi connectivity index (χ0n) is 15.2. The highest BCUT2D eigenvalue weighted by Gasteiger charge is 2.36. The van der Waals surface area contributed by atoms with Gasteiger partial charge in [-0.1, -0.05) is 18.2 Å². The van der Waals surface area contributed by atoms with E-state index in [1.165, 1.54) is 12.5 Å². The third-order valence-electron chi connectivity index (χ3n) is 4.46. The van der Waals surface area contributed by atoms with E-state index in [0.717, 1.165) is 10.8 Å². The molecular weight excluding hydrogens is 346 g/mol. The van der Waals surface area contributed by atoms with Crippen molar-refractivity contribution in [2.24, 2.45) is 0 Å². The summed E-state index contributed by atoms with van der Waals surface area (Å²) in [6.07, 6.45) is 2.69. The lowest BCUT2D eigenvalue weighted by molar-refractivity contribution is -0.147. The van der Waals surface area contributed by atoms with E-state index >= 15 is 0 Å². The van der Waals surface area contributed by atoms with Gasteiger partial charge in [-0.2, -0.15) is 0 Å². The number of nitrogens with zero attached hydrogens (tertiary/aromatic N) is 1. The van der Waals surface area contributed by atoms with Crippen molar-refractivity contribution in [2.75, 3.05) is 13.7 Å². The van der Waals surface area contributed by atoms with Crippen molar-refractivity contribution >= 4 is 22.6 Å². The van der Waals surface area contributed by atoms with Gasteiger partial charge >= 0.3 is 5.97 Å². The minimum absolute atomic E-state index is 0.169. The van der Waals surface area contributed by atoms with E-state index in [4.69, 9.17) is 4.74 Å². The molecule has 3 N–H and O–H groups in total. The number of benzene rings is 2. The van der Waals surface area contributed by atoms with Crippen LogP contribution in [0.5, 0.6) is 0 Å². The molecule has 7 nitrogen and oxygen atoms in total. The number of fused-ring (bicyclic) bond motifs is 1. The number of amides is 1. The minimum atomic E-state index is -1.60. The summed E-state index contributed by atoms with van der Waals surface area (Å²) in [5.74, 6) is -0.679. The minimum Gasteiger partial charge on any atom is -0.466 e. The van der Waals surface area contributed by atoms with E-state index in [0.29, 0.717) is 16.8 Å². The fourth-order valence-electron chi connectivity index (χ4n) is 3.04. The second-order valence-electron chi connectivity index (χ2n) is 6.16. The van der Waals surface area contributed by atoms with Crippen molar-refractivity contribution < 1.29 is 19.4 Å². The summed E-state index contributed by atoms with van der Waals surface area (Å²) in [5.41, 5.74) is -0.124. The molecule has 27 heavy (non-hydrogen) atoms. The summed E-state index contributed by atoms with van der Waals surface area (Å²) >= 11 is 0. The molecule has 0 unspecified atom stereocenters. The van der Waals surface area contributed by atoms with Crippen LogP contribution in [0.3, 0.4) is 0 Å². The second-order valence-corrected chi connectivity index (χ2v) is 6.16. The molecule has 1 atom stereocenters. The van der Waals surface area contributed by atoms with E-state index < -0.39 is 11.6 Å². The van der Waals surface area contributed by atoms with Gasteiger partial charge in [0.05, 0.1) is 31.2 Å². The molecule has 3 aromatic rings. The van der Waals surface area contributed by atoms with Gasteiger partial charge < -0.3 is 20.1 Å². The monoisotopic (exact) mass is 367 g/mol. The van der Waals surface area contributed by atoms with E-state index in [1.807, 2.05) is 6.07 Å². The highest BCUT2D eigenvalue weighted by atomic mass is 16.5. The largest absolute Gasteiger partial charge is 0.466 e.